The summed E-state index contributed by atoms with van der Waals surface area (Å²) in [6.45, 7) is 4.90. The standard InChI is InChI=1S/C20H20N4OS2/c1-14(2)18-22-23-20(24(18)11-17-9-6-10-25-17)27-13-16-12-26-19(21-16)15-7-4-3-5-8-15/h3-10,12,14H,11,13H2,1-2H3. The van der Waals surface area contributed by atoms with Gasteiger partial charge in [-0.25, -0.2) is 4.98 Å². The average Bonchev–Trinajstić information content (AvgIpc) is 3.42. The van der Waals surface area contributed by atoms with Crippen molar-refractivity contribution in [2.45, 2.75) is 37.2 Å². The highest BCUT2D eigenvalue weighted by Crippen LogP contribution is 2.29. The molecule has 0 aliphatic rings. The number of furan rings is 1. The molecule has 0 radical (unpaired) electrons. The maximum absolute atomic E-state index is 5.52. The normalized spacial score (nSPS) is 11.4. The summed E-state index contributed by atoms with van der Waals surface area (Å²) in [6.07, 6.45) is 1.70. The van der Waals surface area contributed by atoms with Gasteiger partial charge in [0, 0.05) is 22.6 Å². The van der Waals surface area contributed by atoms with E-state index < -0.39 is 0 Å². The van der Waals surface area contributed by atoms with Crippen LogP contribution in [0.2, 0.25) is 0 Å². The van der Waals surface area contributed by atoms with Gasteiger partial charge in [-0.15, -0.1) is 21.5 Å². The van der Waals surface area contributed by atoms with E-state index in [-0.39, 0.29) is 0 Å². The molecular formula is C20H20N4OS2. The molecule has 7 heteroatoms. The number of nitrogens with zero attached hydrogens (tertiary/aromatic N) is 4. The number of thioether (sulfide) groups is 1. The summed E-state index contributed by atoms with van der Waals surface area (Å²) in [5, 5.41) is 12.9. The van der Waals surface area contributed by atoms with Gasteiger partial charge in [-0.1, -0.05) is 55.9 Å². The lowest BCUT2D eigenvalue weighted by atomic mass is 10.2. The zero-order valence-electron chi connectivity index (χ0n) is 15.2. The molecule has 0 unspecified atom stereocenters. The van der Waals surface area contributed by atoms with Crippen LogP contribution in [0.25, 0.3) is 10.6 Å². The highest BCUT2D eigenvalue weighted by atomic mass is 32.2. The average molecular weight is 397 g/mol. The minimum atomic E-state index is 0.297. The van der Waals surface area contributed by atoms with Crippen molar-refractivity contribution in [3.05, 3.63) is 71.4 Å². The minimum absolute atomic E-state index is 0.297. The van der Waals surface area contributed by atoms with Crippen LogP contribution in [-0.2, 0) is 12.3 Å². The van der Waals surface area contributed by atoms with Crippen LogP contribution in [0.5, 0.6) is 0 Å². The fourth-order valence-corrected chi connectivity index (χ4v) is 4.53. The van der Waals surface area contributed by atoms with E-state index in [1.165, 1.54) is 0 Å². The predicted octanol–water partition coefficient (Wildman–Crippen LogP) is 5.46. The van der Waals surface area contributed by atoms with Crippen LogP contribution < -0.4 is 0 Å². The largest absolute Gasteiger partial charge is 0.467 e. The third kappa shape index (κ3) is 4.14. The Morgan fingerprint density at radius 1 is 1.11 bits per heavy atom. The fraction of sp³-hybridized carbons (Fsp3) is 0.250. The summed E-state index contributed by atoms with van der Waals surface area (Å²) in [6, 6.07) is 14.2. The summed E-state index contributed by atoms with van der Waals surface area (Å²) in [7, 11) is 0. The molecule has 0 atom stereocenters. The van der Waals surface area contributed by atoms with Crippen LogP contribution >= 0.6 is 23.1 Å². The highest BCUT2D eigenvalue weighted by Gasteiger charge is 2.17. The van der Waals surface area contributed by atoms with Crippen molar-refractivity contribution in [3.8, 4) is 10.6 Å². The van der Waals surface area contributed by atoms with Gasteiger partial charge in [0.15, 0.2) is 5.16 Å². The third-order valence-electron chi connectivity index (χ3n) is 4.08. The molecule has 0 fully saturated rings. The maximum atomic E-state index is 5.52. The second-order valence-electron chi connectivity index (χ2n) is 6.46. The van der Waals surface area contributed by atoms with Crippen molar-refractivity contribution in [2.75, 3.05) is 0 Å². The van der Waals surface area contributed by atoms with E-state index in [9.17, 15) is 0 Å². The van der Waals surface area contributed by atoms with E-state index in [0.29, 0.717) is 12.5 Å². The predicted molar refractivity (Wildman–Crippen MR) is 109 cm³/mol. The Bertz CT molecular complexity index is 990. The Hall–Kier alpha value is -2.38. The number of thiazole rings is 1. The van der Waals surface area contributed by atoms with Crippen molar-refractivity contribution >= 4 is 23.1 Å². The Morgan fingerprint density at radius 2 is 1.96 bits per heavy atom. The summed E-state index contributed by atoms with van der Waals surface area (Å²) in [5.74, 6) is 2.93. The molecule has 0 amide bonds. The van der Waals surface area contributed by atoms with Crippen molar-refractivity contribution < 1.29 is 4.42 Å². The highest BCUT2D eigenvalue weighted by molar-refractivity contribution is 7.98. The van der Waals surface area contributed by atoms with Crippen LogP contribution in [0.4, 0.5) is 0 Å². The van der Waals surface area contributed by atoms with Gasteiger partial charge >= 0.3 is 0 Å². The number of hydrogen-bond acceptors (Lipinski definition) is 6. The SMILES string of the molecule is CC(C)c1nnc(SCc2csc(-c3ccccc3)n2)n1Cc1ccco1. The molecule has 3 heterocycles. The quantitative estimate of drug-likeness (QED) is 0.388. The maximum Gasteiger partial charge on any atom is 0.192 e. The monoisotopic (exact) mass is 396 g/mol. The molecule has 0 saturated heterocycles. The van der Waals surface area contributed by atoms with Gasteiger partial charge in [0.2, 0.25) is 0 Å². The second kappa shape index (κ2) is 8.10. The summed E-state index contributed by atoms with van der Waals surface area (Å²) >= 11 is 3.33. The number of aromatic nitrogens is 4. The lowest BCUT2D eigenvalue weighted by Crippen LogP contribution is -2.07. The molecule has 0 bridgehead atoms. The lowest BCUT2D eigenvalue weighted by Gasteiger charge is -2.10. The van der Waals surface area contributed by atoms with Gasteiger partial charge in [-0.2, -0.15) is 0 Å². The zero-order valence-corrected chi connectivity index (χ0v) is 16.8. The smallest absolute Gasteiger partial charge is 0.192 e. The van der Waals surface area contributed by atoms with E-state index in [1.54, 1.807) is 29.4 Å². The molecule has 138 valence electrons. The molecule has 1 aromatic carbocycles. The first-order valence-corrected chi connectivity index (χ1v) is 10.7. The second-order valence-corrected chi connectivity index (χ2v) is 8.26. The van der Waals surface area contributed by atoms with Gasteiger partial charge in [0.05, 0.1) is 18.5 Å². The molecule has 0 saturated carbocycles. The van der Waals surface area contributed by atoms with Gasteiger partial charge in [-0.05, 0) is 12.1 Å². The van der Waals surface area contributed by atoms with E-state index >= 15 is 0 Å². The van der Waals surface area contributed by atoms with E-state index in [0.717, 1.165) is 38.8 Å². The van der Waals surface area contributed by atoms with E-state index in [1.807, 2.05) is 30.3 Å². The lowest BCUT2D eigenvalue weighted by molar-refractivity contribution is 0.475. The van der Waals surface area contributed by atoms with Crippen LogP contribution in [-0.4, -0.2) is 19.7 Å². The van der Waals surface area contributed by atoms with Crippen molar-refractivity contribution in [1.29, 1.82) is 0 Å². The van der Waals surface area contributed by atoms with E-state index in [2.05, 4.69) is 46.1 Å². The number of rotatable bonds is 7. The molecular weight excluding hydrogens is 376 g/mol. The molecule has 0 N–H and O–H groups in total. The summed E-state index contributed by atoms with van der Waals surface area (Å²) < 4.78 is 7.65. The first-order valence-electron chi connectivity index (χ1n) is 8.79. The van der Waals surface area contributed by atoms with Gasteiger partial charge in [0.25, 0.3) is 0 Å². The van der Waals surface area contributed by atoms with Gasteiger partial charge in [-0.3, -0.25) is 4.57 Å². The Morgan fingerprint density at radius 3 is 2.70 bits per heavy atom. The minimum Gasteiger partial charge on any atom is -0.467 e. The molecule has 0 spiro atoms. The Kier molecular flexibility index (Phi) is 5.40. The molecule has 0 aliphatic heterocycles. The van der Waals surface area contributed by atoms with Crippen LogP contribution in [0.15, 0.2) is 63.7 Å². The first kappa shape index (κ1) is 18.0. The Labute approximate surface area is 166 Å². The Balaban J connectivity index is 1.51. The topological polar surface area (TPSA) is 56.7 Å². The summed E-state index contributed by atoms with van der Waals surface area (Å²) in [4.78, 5) is 4.76. The summed E-state index contributed by atoms with van der Waals surface area (Å²) in [5.41, 5.74) is 2.21. The van der Waals surface area contributed by atoms with Gasteiger partial charge < -0.3 is 4.42 Å². The first-order chi connectivity index (χ1) is 13.2. The molecule has 4 rings (SSSR count). The zero-order chi connectivity index (χ0) is 18.6. The van der Waals surface area contributed by atoms with E-state index in [4.69, 9.17) is 9.40 Å². The molecule has 27 heavy (non-hydrogen) atoms. The third-order valence-corrected chi connectivity index (χ3v) is 6.02. The van der Waals surface area contributed by atoms with Crippen LogP contribution in [0.1, 0.15) is 37.0 Å². The van der Waals surface area contributed by atoms with Crippen molar-refractivity contribution in [1.82, 2.24) is 19.7 Å². The molecule has 5 nitrogen and oxygen atoms in total. The number of hydrogen-bond donors (Lipinski definition) is 0. The molecule has 4 aromatic rings. The number of benzene rings is 1. The molecule has 3 aromatic heterocycles. The molecule has 0 aliphatic carbocycles. The van der Waals surface area contributed by atoms with Crippen molar-refractivity contribution in [2.24, 2.45) is 0 Å². The van der Waals surface area contributed by atoms with Gasteiger partial charge in [0.1, 0.15) is 16.6 Å². The van der Waals surface area contributed by atoms with Crippen LogP contribution in [0.3, 0.4) is 0 Å². The van der Waals surface area contributed by atoms with Crippen molar-refractivity contribution in [3.63, 3.8) is 0 Å². The van der Waals surface area contributed by atoms with Crippen LogP contribution in [0, 0.1) is 0 Å². The fourth-order valence-electron chi connectivity index (χ4n) is 2.77.